The van der Waals surface area contributed by atoms with Gasteiger partial charge in [0, 0.05) is 35.3 Å². The molecule has 0 bridgehead atoms. The number of ether oxygens (including phenoxy) is 4. The Balaban J connectivity index is 1.10. The summed E-state index contributed by atoms with van der Waals surface area (Å²) in [5.74, 6) is 1.59. The van der Waals surface area contributed by atoms with Crippen molar-refractivity contribution in [3.05, 3.63) is 167 Å². The van der Waals surface area contributed by atoms with E-state index in [0.717, 1.165) is 16.5 Å². The van der Waals surface area contributed by atoms with E-state index in [1.807, 2.05) is 72.8 Å². The van der Waals surface area contributed by atoms with Crippen LogP contribution in [0.1, 0.15) is 21.5 Å². The van der Waals surface area contributed by atoms with Gasteiger partial charge in [-0.3, -0.25) is 20.1 Å². The molecule has 2 heterocycles. The van der Waals surface area contributed by atoms with Crippen molar-refractivity contribution in [2.24, 2.45) is 0 Å². The number of nitro benzene ring substituents is 1. The average molecular weight is 650 g/mol. The van der Waals surface area contributed by atoms with Gasteiger partial charge in [0.1, 0.15) is 47.2 Å². The van der Waals surface area contributed by atoms with Crippen LogP contribution in [0.5, 0.6) is 28.7 Å². The van der Waals surface area contributed by atoms with Crippen LogP contribution in [0.2, 0.25) is 0 Å². The van der Waals surface area contributed by atoms with Crippen LogP contribution in [-0.2, 0) is 18.0 Å². The van der Waals surface area contributed by atoms with Gasteiger partial charge in [0.2, 0.25) is 5.75 Å². The van der Waals surface area contributed by atoms with Gasteiger partial charge in [0.25, 0.3) is 0 Å². The highest BCUT2D eigenvalue weighted by atomic mass is 16.6. The molecule has 0 atom stereocenters. The molecule has 0 aliphatic heterocycles. The zero-order chi connectivity index (χ0) is 33.6. The van der Waals surface area contributed by atoms with E-state index in [1.165, 1.54) is 18.2 Å². The second-order valence-electron chi connectivity index (χ2n) is 10.9. The van der Waals surface area contributed by atoms with E-state index in [4.69, 9.17) is 18.9 Å². The Hall–Kier alpha value is -6.81. The van der Waals surface area contributed by atoms with Gasteiger partial charge in [0.15, 0.2) is 0 Å². The van der Waals surface area contributed by atoms with Gasteiger partial charge in [-0.1, -0.05) is 60.7 Å². The number of hydrogen-bond acceptors (Lipinski definition) is 9. The van der Waals surface area contributed by atoms with E-state index >= 15 is 0 Å². The molecule has 7 aromatic rings. The van der Waals surface area contributed by atoms with E-state index < -0.39 is 10.9 Å². The third-order valence-corrected chi connectivity index (χ3v) is 7.66. The molecule has 7 rings (SSSR count). The van der Waals surface area contributed by atoms with Gasteiger partial charge in [-0.2, -0.15) is 0 Å². The van der Waals surface area contributed by atoms with Gasteiger partial charge in [-0.25, -0.2) is 4.79 Å². The van der Waals surface area contributed by atoms with E-state index in [2.05, 4.69) is 9.97 Å². The number of pyridine rings is 2. The van der Waals surface area contributed by atoms with Crippen molar-refractivity contribution in [1.82, 2.24) is 9.97 Å². The Labute approximate surface area is 280 Å². The summed E-state index contributed by atoms with van der Waals surface area (Å²) in [6.07, 6.45) is 3.24. The molecule has 0 saturated heterocycles. The Morgan fingerprint density at radius 2 is 1.16 bits per heavy atom. The molecule has 49 heavy (non-hydrogen) atoms. The first-order chi connectivity index (χ1) is 24.0. The zero-order valence-corrected chi connectivity index (χ0v) is 25.9. The lowest BCUT2D eigenvalue weighted by Gasteiger charge is -2.13. The molecule has 0 amide bonds. The van der Waals surface area contributed by atoms with Crippen LogP contribution in [0.4, 0.5) is 5.69 Å². The van der Waals surface area contributed by atoms with Crippen molar-refractivity contribution in [3.8, 4) is 28.7 Å². The first-order valence-electron chi connectivity index (χ1n) is 15.3. The van der Waals surface area contributed by atoms with Crippen molar-refractivity contribution in [3.63, 3.8) is 0 Å². The Morgan fingerprint density at radius 1 is 0.612 bits per heavy atom. The second-order valence-corrected chi connectivity index (χ2v) is 10.9. The fraction of sp³-hybridized carbons (Fsp3) is 0.0513. The van der Waals surface area contributed by atoms with Gasteiger partial charge >= 0.3 is 11.7 Å². The molecule has 10 nitrogen and oxygen atoms in total. The van der Waals surface area contributed by atoms with Crippen molar-refractivity contribution >= 4 is 33.5 Å². The topological polar surface area (TPSA) is 123 Å². The lowest BCUT2D eigenvalue weighted by Crippen LogP contribution is -2.05. The summed E-state index contributed by atoms with van der Waals surface area (Å²) < 4.78 is 23.7. The van der Waals surface area contributed by atoms with Crippen molar-refractivity contribution < 1.29 is 28.7 Å². The van der Waals surface area contributed by atoms with Crippen molar-refractivity contribution in [1.29, 1.82) is 0 Å². The molecule has 2 aromatic heterocycles. The number of nitro groups is 1. The second kappa shape index (κ2) is 13.9. The minimum Gasteiger partial charge on any atom is -0.482 e. The number of carbonyl (C=O) groups excluding carboxylic acids is 1. The monoisotopic (exact) mass is 649 g/mol. The Kier molecular flexibility index (Phi) is 8.74. The third kappa shape index (κ3) is 6.98. The summed E-state index contributed by atoms with van der Waals surface area (Å²) in [7, 11) is 0. The first-order valence-corrected chi connectivity index (χ1v) is 15.3. The highest BCUT2D eigenvalue weighted by molar-refractivity contribution is 6.06. The highest BCUT2D eigenvalue weighted by Crippen LogP contribution is 2.38. The number of esters is 1. The Bertz CT molecular complexity index is 2280. The third-order valence-electron chi connectivity index (χ3n) is 7.66. The minimum atomic E-state index is -0.487. The van der Waals surface area contributed by atoms with Crippen LogP contribution < -0.4 is 14.2 Å². The number of hydrogen-bond donors (Lipinski definition) is 0. The van der Waals surface area contributed by atoms with Gasteiger partial charge in [-0.05, 0) is 65.7 Å². The van der Waals surface area contributed by atoms with E-state index in [9.17, 15) is 14.9 Å². The van der Waals surface area contributed by atoms with Crippen LogP contribution in [0.3, 0.4) is 0 Å². The van der Waals surface area contributed by atoms with Crippen LogP contribution in [0.25, 0.3) is 21.8 Å². The lowest BCUT2D eigenvalue weighted by atomic mass is 10.1. The fourth-order valence-electron chi connectivity index (χ4n) is 5.23. The van der Waals surface area contributed by atoms with Crippen molar-refractivity contribution in [2.45, 2.75) is 13.2 Å². The summed E-state index contributed by atoms with van der Waals surface area (Å²) in [6, 6.07) is 37.2. The van der Waals surface area contributed by atoms with E-state index in [1.54, 1.807) is 48.8 Å². The number of nitrogens with zero attached hydrogens (tertiary/aromatic N) is 3. The summed E-state index contributed by atoms with van der Waals surface area (Å²) in [6.45, 7) is 0.352. The molecule has 0 saturated carbocycles. The molecular weight excluding hydrogens is 622 g/mol. The zero-order valence-electron chi connectivity index (χ0n) is 25.9. The molecule has 0 N–H and O–H groups in total. The number of rotatable bonds is 11. The maximum Gasteiger partial charge on any atom is 0.338 e. The summed E-state index contributed by atoms with van der Waals surface area (Å²) in [4.78, 5) is 32.9. The van der Waals surface area contributed by atoms with Crippen LogP contribution in [-0.4, -0.2) is 20.9 Å². The molecule has 0 radical (unpaired) electrons. The van der Waals surface area contributed by atoms with Crippen molar-refractivity contribution in [2.75, 3.05) is 0 Å². The molecule has 0 fully saturated rings. The average Bonchev–Trinajstić information content (AvgIpc) is 3.14. The first kappa shape index (κ1) is 30.8. The molecule has 0 aliphatic rings. The normalized spacial score (nSPS) is 10.9. The smallest absolute Gasteiger partial charge is 0.338 e. The summed E-state index contributed by atoms with van der Waals surface area (Å²) in [5, 5.41) is 13.1. The standard InChI is InChI=1S/C39H27N3O7/c43-39(47-25-27-9-5-2-6-10-27)28-11-13-29(14-12-28)48-34-19-21-40-37-31(34)16-17-32-35(20-22-41-38(32)37)49-30-15-18-33(42(44)45)36(23-30)46-24-26-7-3-1-4-8-26/h1-23H,24-25H2. The number of fused-ring (bicyclic) bond motifs is 3. The fourth-order valence-corrected chi connectivity index (χ4v) is 5.23. The molecule has 0 spiro atoms. The highest BCUT2D eigenvalue weighted by Gasteiger charge is 2.18. The van der Waals surface area contributed by atoms with Crippen LogP contribution >= 0.6 is 0 Å². The van der Waals surface area contributed by atoms with Gasteiger partial charge in [-0.15, -0.1) is 0 Å². The summed E-state index contributed by atoms with van der Waals surface area (Å²) >= 11 is 0. The molecule has 10 heteroatoms. The largest absolute Gasteiger partial charge is 0.482 e. The van der Waals surface area contributed by atoms with Crippen LogP contribution in [0, 0.1) is 10.1 Å². The molecule has 0 unspecified atom stereocenters. The predicted octanol–water partition coefficient (Wildman–Crippen LogP) is 9.21. The van der Waals surface area contributed by atoms with Gasteiger partial charge < -0.3 is 18.9 Å². The maximum absolute atomic E-state index is 12.5. The quantitative estimate of drug-likeness (QED) is 0.0584. The van der Waals surface area contributed by atoms with Gasteiger partial charge in [0.05, 0.1) is 10.5 Å². The predicted molar refractivity (Wildman–Crippen MR) is 183 cm³/mol. The maximum atomic E-state index is 12.5. The minimum absolute atomic E-state index is 0.0933. The number of benzene rings is 5. The van der Waals surface area contributed by atoms with Crippen LogP contribution in [0.15, 0.2) is 140 Å². The van der Waals surface area contributed by atoms with E-state index in [-0.39, 0.29) is 24.7 Å². The molecule has 0 aliphatic carbocycles. The number of carbonyl (C=O) groups is 1. The molecule has 240 valence electrons. The lowest BCUT2D eigenvalue weighted by molar-refractivity contribution is -0.386. The Morgan fingerprint density at radius 3 is 1.76 bits per heavy atom. The molecular formula is C39H27N3O7. The molecule has 5 aromatic carbocycles. The van der Waals surface area contributed by atoms with E-state index in [0.29, 0.717) is 45.0 Å². The number of aromatic nitrogens is 2. The SMILES string of the molecule is O=C(OCc1ccccc1)c1ccc(Oc2ccnc3c2ccc2c(Oc4ccc([N+](=O)[O-])c(OCc5ccccc5)c4)ccnc23)cc1. The summed E-state index contributed by atoms with van der Waals surface area (Å²) in [5.41, 5.74) is 3.21.